The van der Waals surface area contributed by atoms with E-state index in [-0.39, 0.29) is 17.9 Å². The summed E-state index contributed by atoms with van der Waals surface area (Å²) < 4.78 is 0. The molecule has 4 nitrogen and oxygen atoms in total. The summed E-state index contributed by atoms with van der Waals surface area (Å²) in [6.07, 6.45) is 5.74. The normalized spacial score (nSPS) is 16.0. The maximum absolute atomic E-state index is 12.6. The smallest absolute Gasteiger partial charge is 0.242 e. The van der Waals surface area contributed by atoms with Gasteiger partial charge in [-0.3, -0.25) is 9.59 Å². The van der Waals surface area contributed by atoms with Crippen LogP contribution >= 0.6 is 0 Å². The molecule has 24 heavy (non-hydrogen) atoms. The van der Waals surface area contributed by atoms with Gasteiger partial charge < -0.3 is 10.2 Å². The molecule has 0 aromatic heterocycles. The Morgan fingerprint density at radius 2 is 1.92 bits per heavy atom. The molecule has 1 aromatic carbocycles. The zero-order valence-corrected chi connectivity index (χ0v) is 15.2. The third-order valence-electron chi connectivity index (χ3n) is 4.93. The number of carbonyl (C=O) groups is 2. The third kappa shape index (κ3) is 4.83. The van der Waals surface area contributed by atoms with Crippen LogP contribution in [0.2, 0.25) is 0 Å². The molecule has 1 saturated carbocycles. The fourth-order valence-corrected chi connectivity index (χ4v) is 3.30. The molecule has 0 spiro atoms. The summed E-state index contributed by atoms with van der Waals surface area (Å²) in [6.45, 7) is 6.37. The first-order valence-electron chi connectivity index (χ1n) is 9.17. The van der Waals surface area contributed by atoms with E-state index in [9.17, 15) is 9.59 Å². The Morgan fingerprint density at radius 1 is 1.25 bits per heavy atom. The Bertz CT molecular complexity index is 565. The summed E-state index contributed by atoms with van der Waals surface area (Å²) in [4.78, 5) is 26.9. The lowest BCUT2D eigenvalue weighted by Gasteiger charge is -2.30. The molecule has 0 saturated heterocycles. The monoisotopic (exact) mass is 330 g/mol. The van der Waals surface area contributed by atoms with Crippen LogP contribution in [0.1, 0.15) is 63.5 Å². The van der Waals surface area contributed by atoms with Crippen molar-refractivity contribution < 1.29 is 9.59 Å². The Labute approximate surface area is 145 Å². The Balaban J connectivity index is 2.10. The number of nitrogens with zero attached hydrogens (tertiary/aromatic N) is 1. The first-order chi connectivity index (χ1) is 11.5. The van der Waals surface area contributed by atoms with Gasteiger partial charge in [-0.2, -0.15) is 0 Å². The first-order valence-corrected chi connectivity index (χ1v) is 9.17. The van der Waals surface area contributed by atoms with E-state index in [1.807, 2.05) is 45.0 Å². The average Bonchev–Trinajstić information content (AvgIpc) is 3.06. The quantitative estimate of drug-likeness (QED) is 0.831. The van der Waals surface area contributed by atoms with E-state index in [1.54, 1.807) is 4.90 Å². The molecule has 2 rings (SSSR count). The number of hydrogen-bond donors (Lipinski definition) is 1. The van der Waals surface area contributed by atoms with Gasteiger partial charge in [0, 0.05) is 19.0 Å². The summed E-state index contributed by atoms with van der Waals surface area (Å²) in [5.74, 6) is 0.0229. The Kier molecular flexibility index (Phi) is 6.83. The van der Waals surface area contributed by atoms with Gasteiger partial charge in [-0.1, -0.05) is 44.0 Å². The number of amides is 2. The lowest BCUT2D eigenvalue weighted by Crippen LogP contribution is -2.49. The van der Waals surface area contributed by atoms with Gasteiger partial charge in [-0.05, 0) is 44.2 Å². The molecule has 2 amide bonds. The number of rotatable bonds is 7. The number of aryl methyl sites for hydroxylation is 1. The zero-order chi connectivity index (χ0) is 17.5. The molecular weight excluding hydrogens is 300 g/mol. The van der Waals surface area contributed by atoms with Gasteiger partial charge in [-0.15, -0.1) is 0 Å². The minimum Gasteiger partial charge on any atom is -0.352 e. The highest BCUT2D eigenvalue weighted by molar-refractivity contribution is 5.87. The third-order valence-corrected chi connectivity index (χ3v) is 4.93. The van der Waals surface area contributed by atoms with Crippen molar-refractivity contribution in [2.45, 2.75) is 77.9 Å². The molecule has 1 N–H and O–H groups in total. The molecule has 1 unspecified atom stereocenters. The maximum atomic E-state index is 12.6. The van der Waals surface area contributed by atoms with Gasteiger partial charge in [-0.25, -0.2) is 0 Å². The Hall–Kier alpha value is -1.84. The maximum Gasteiger partial charge on any atom is 0.242 e. The largest absolute Gasteiger partial charge is 0.352 e. The number of carbonyl (C=O) groups excluding carboxylic acids is 2. The van der Waals surface area contributed by atoms with Gasteiger partial charge in [0.05, 0.1) is 0 Å². The van der Waals surface area contributed by atoms with Crippen LogP contribution in [0.5, 0.6) is 0 Å². The van der Waals surface area contributed by atoms with Crippen LogP contribution < -0.4 is 5.32 Å². The highest BCUT2D eigenvalue weighted by atomic mass is 16.2. The van der Waals surface area contributed by atoms with E-state index in [0.29, 0.717) is 13.0 Å². The number of nitrogens with one attached hydrogen (secondary N) is 1. The highest BCUT2D eigenvalue weighted by Gasteiger charge is 2.28. The molecule has 0 heterocycles. The van der Waals surface area contributed by atoms with E-state index in [0.717, 1.165) is 30.4 Å². The number of benzene rings is 1. The minimum absolute atomic E-state index is 0.0278. The number of hydrogen-bond acceptors (Lipinski definition) is 2. The topological polar surface area (TPSA) is 49.4 Å². The molecule has 132 valence electrons. The van der Waals surface area contributed by atoms with Crippen LogP contribution in [0.3, 0.4) is 0 Å². The van der Waals surface area contributed by atoms with Crippen LogP contribution in [0, 0.1) is 6.92 Å². The molecule has 0 radical (unpaired) electrons. The van der Waals surface area contributed by atoms with Crippen LogP contribution in [0.15, 0.2) is 24.3 Å². The standard InChI is InChI=1S/C20H30N2O2/c1-4-9-19(23)22(14-17-11-6-5-10-15(17)2)16(3)20(24)21-18-12-7-8-13-18/h5-6,10-11,16,18H,4,7-9,12-14H2,1-3H3,(H,21,24). The molecule has 0 aliphatic heterocycles. The SMILES string of the molecule is CCCC(=O)N(Cc1ccccc1C)C(C)C(=O)NC1CCCC1. The van der Waals surface area contributed by atoms with Crippen molar-refractivity contribution in [2.24, 2.45) is 0 Å². The lowest BCUT2D eigenvalue weighted by atomic mass is 10.1. The summed E-state index contributed by atoms with van der Waals surface area (Å²) in [7, 11) is 0. The lowest BCUT2D eigenvalue weighted by molar-refractivity contribution is -0.140. The second-order valence-corrected chi connectivity index (χ2v) is 6.86. The van der Waals surface area contributed by atoms with Crippen LogP contribution in [0.4, 0.5) is 0 Å². The van der Waals surface area contributed by atoms with Crippen molar-refractivity contribution in [1.29, 1.82) is 0 Å². The zero-order valence-electron chi connectivity index (χ0n) is 15.2. The average molecular weight is 330 g/mol. The predicted octanol–water partition coefficient (Wildman–Crippen LogP) is 3.57. The van der Waals surface area contributed by atoms with Crippen LogP contribution in [-0.4, -0.2) is 28.8 Å². The molecule has 1 aromatic rings. The van der Waals surface area contributed by atoms with E-state index >= 15 is 0 Å². The minimum atomic E-state index is -0.441. The van der Waals surface area contributed by atoms with Crippen molar-refractivity contribution in [2.75, 3.05) is 0 Å². The molecule has 1 fully saturated rings. The van der Waals surface area contributed by atoms with Gasteiger partial charge in [0.25, 0.3) is 0 Å². The van der Waals surface area contributed by atoms with Gasteiger partial charge in [0.2, 0.25) is 11.8 Å². The second kappa shape index (κ2) is 8.86. The van der Waals surface area contributed by atoms with Crippen molar-refractivity contribution in [3.63, 3.8) is 0 Å². The summed E-state index contributed by atoms with van der Waals surface area (Å²) >= 11 is 0. The van der Waals surface area contributed by atoms with E-state index in [4.69, 9.17) is 0 Å². The Morgan fingerprint density at radius 3 is 2.54 bits per heavy atom. The molecule has 0 bridgehead atoms. The van der Waals surface area contributed by atoms with Crippen LogP contribution in [0.25, 0.3) is 0 Å². The van der Waals surface area contributed by atoms with E-state index < -0.39 is 6.04 Å². The molecule has 4 heteroatoms. The summed E-state index contributed by atoms with van der Waals surface area (Å²) in [5, 5.41) is 3.12. The van der Waals surface area contributed by atoms with E-state index in [2.05, 4.69) is 5.32 Å². The van der Waals surface area contributed by atoms with Crippen molar-refractivity contribution >= 4 is 11.8 Å². The van der Waals surface area contributed by atoms with Crippen molar-refractivity contribution in [3.8, 4) is 0 Å². The fourth-order valence-electron chi connectivity index (χ4n) is 3.30. The molecule has 1 aliphatic rings. The highest BCUT2D eigenvalue weighted by Crippen LogP contribution is 2.19. The van der Waals surface area contributed by atoms with Gasteiger partial charge in [0.1, 0.15) is 6.04 Å². The molecule has 1 aliphatic carbocycles. The van der Waals surface area contributed by atoms with Crippen molar-refractivity contribution in [3.05, 3.63) is 35.4 Å². The van der Waals surface area contributed by atoms with E-state index in [1.165, 1.54) is 12.8 Å². The first kappa shape index (κ1) is 18.5. The van der Waals surface area contributed by atoms with Gasteiger partial charge in [0.15, 0.2) is 0 Å². The molecular formula is C20H30N2O2. The molecule has 1 atom stereocenters. The van der Waals surface area contributed by atoms with Gasteiger partial charge >= 0.3 is 0 Å². The fraction of sp³-hybridized carbons (Fsp3) is 0.600. The summed E-state index contributed by atoms with van der Waals surface area (Å²) in [5.41, 5.74) is 2.25. The predicted molar refractivity (Wildman–Crippen MR) is 96.5 cm³/mol. The van der Waals surface area contributed by atoms with Crippen LogP contribution in [-0.2, 0) is 16.1 Å². The second-order valence-electron chi connectivity index (χ2n) is 6.86. The van der Waals surface area contributed by atoms with Crippen molar-refractivity contribution in [1.82, 2.24) is 10.2 Å². The summed E-state index contributed by atoms with van der Waals surface area (Å²) in [6, 6.07) is 7.89.